The van der Waals surface area contributed by atoms with E-state index in [1.807, 2.05) is 51.1 Å². The molecule has 130 valence electrons. The van der Waals surface area contributed by atoms with E-state index < -0.39 is 5.54 Å². The number of amides is 2. The van der Waals surface area contributed by atoms with E-state index in [1.165, 1.54) is 6.92 Å². The van der Waals surface area contributed by atoms with Crippen LogP contribution in [0, 0.1) is 5.92 Å². The van der Waals surface area contributed by atoms with Crippen LogP contribution in [0.25, 0.3) is 6.08 Å². The third-order valence-corrected chi connectivity index (χ3v) is 4.97. The van der Waals surface area contributed by atoms with Gasteiger partial charge in [-0.2, -0.15) is 0 Å². The van der Waals surface area contributed by atoms with Gasteiger partial charge in [0.15, 0.2) is 0 Å². The normalized spacial score (nSPS) is 18.9. The first-order valence-corrected chi connectivity index (χ1v) is 8.35. The third-order valence-electron chi connectivity index (χ3n) is 4.97. The highest BCUT2D eigenvalue weighted by Gasteiger charge is 2.32. The van der Waals surface area contributed by atoms with E-state index in [9.17, 15) is 9.59 Å². The van der Waals surface area contributed by atoms with Crippen molar-refractivity contribution in [1.29, 1.82) is 0 Å². The van der Waals surface area contributed by atoms with Crippen LogP contribution in [0.4, 0.5) is 0 Å². The molecular weight excluding hydrogens is 302 g/mol. The topological polar surface area (TPSA) is 75.4 Å². The van der Waals surface area contributed by atoms with Crippen molar-refractivity contribution in [3.05, 3.63) is 41.6 Å². The molecule has 1 aromatic carbocycles. The molecule has 0 saturated heterocycles. The molecule has 5 heteroatoms. The fraction of sp³-hybridized carbons (Fsp3) is 0.474. The van der Waals surface area contributed by atoms with Crippen LogP contribution in [0.5, 0.6) is 0 Å². The van der Waals surface area contributed by atoms with Gasteiger partial charge in [0.1, 0.15) is 0 Å². The number of benzene rings is 1. The van der Waals surface area contributed by atoms with Gasteiger partial charge in [-0.15, -0.1) is 0 Å². The lowest BCUT2D eigenvalue weighted by Gasteiger charge is -2.36. The molecule has 1 aromatic rings. The lowest BCUT2D eigenvalue weighted by molar-refractivity contribution is -0.130. The summed E-state index contributed by atoms with van der Waals surface area (Å²) >= 11 is 0. The number of rotatable bonds is 5. The Morgan fingerprint density at radius 3 is 2.58 bits per heavy atom. The fourth-order valence-electron chi connectivity index (χ4n) is 2.89. The minimum absolute atomic E-state index is 0.0796. The number of carbonyl (C=O) groups excluding carboxylic acids is 2. The Morgan fingerprint density at radius 1 is 1.33 bits per heavy atom. The van der Waals surface area contributed by atoms with Gasteiger partial charge in [-0.1, -0.05) is 38.1 Å². The summed E-state index contributed by atoms with van der Waals surface area (Å²) in [5, 5.41) is 3.05. The Bertz CT molecular complexity index is 654. The average molecular weight is 329 g/mol. The number of hydrogen-bond acceptors (Lipinski definition) is 3. The van der Waals surface area contributed by atoms with Gasteiger partial charge < -0.3 is 16.0 Å². The van der Waals surface area contributed by atoms with Crippen molar-refractivity contribution in [2.24, 2.45) is 11.7 Å². The van der Waals surface area contributed by atoms with E-state index in [-0.39, 0.29) is 30.2 Å². The van der Waals surface area contributed by atoms with E-state index in [1.54, 1.807) is 11.1 Å². The zero-order chi connectivity index (χ0) is 17.9. The summed E-state index contributed by atoms with van der Waals surface area (Å²) in [5.74, 6) is 0.0379. The third kappa shape index (κ3) is 3.67. The number of hydrogen-bond donors (Lipinski definition) is 2. The summed E-state index contributed by atoms with van der Waals surface area (Å²) in [6, 6.07) is 7.55. The Hall–Kier alpha value is -2.14. The van der Waals surface area contributed by atoms with Gasteiger partial charge in [0.25, 0.3) is 0 Å². The maximum absolute atomic E-state index is 12.6. The molecule has 1 aliphatic heterocycles. The van der Waals surface area contributed by atoms with Gasteiger partial charge in [-0.05, 0) is 30.0 Å². The number of nitrogens with zero attached hydrogens (tertiary/aromatic N) is 1. The van der Waals surface area contributed by atoms with Crippen LogP contribution in [0.15, 0.2) is 30.5 Å². The van der Waals surface area contributed by atoms with Gasteiger partial charge >= 0.3 is 0 Å². The SMILES string of the molecule is CC(=O)N1C=Cc2ccccc2C1CC(=O)NC(C)(CN)C(C)C. The molecule has 0 fully saturated rings. The molecule has 2 amide bonds. The molecule has 1 heterocycles. The van der Waals surface area contributed by atoms with Crippen molar-refractivity contribution in [3.8, 4) is 0 Å². The largest absolute Gasteiger partial charge is 0.349 e. The molecule has 2 atom stereocenters. The molecule has 0 spiro atoms. The summed E-state index contributed by atoms with van der Waals surface area (Å²) in [6.07, 6.45) is 3.87. The zero-order valence-electron chi connectivity index (χ0n) is 14.9. The first kappa shape index (κ1) is 18.2. The van der Waals surface area contributed by atoms with E-state index in [2.05, 4.69) is 5.32 Å². The molecule has 5 nitrogen and oxygen atoms in total. The van der Waals surface area contributed by atoms with Gasteiger partial charge in [-0.25, -0.2) is 0 Å². The van der Waals surface area contributed by atoms with Crippen LogP contribution >= 0.6 is 0 Å². The molecule has 0 aromatic heterocycles. The van der Waals surface area contributed by atoms with Gasteiger partial charge in [0.05, 0.1) is 18.0 Å². The highest BCUT2D eigenvalue weighted by molar-refractivity contribution is 5.82. The molecule has 2 unspecified atom stereocenters. The molecule has 0 saturated carbocycles. The van der Waals surface area contributed by atoms with Crippen LogP contribution < -0.4 is 11.1 Å². The number of nitrogens with two attached hydrogens (primary N) is 1. The summed E-state index contributed by atoms with van der Waals surface area (Å²) in [4.78, 5) is 26.2. The first-order valence-electron chi connectivity index (χ1n) is 8.35. The van der Waals surface area contributed by atoms with Crippen molar-refractivity contribution >= 4 is 17.9 Å². The summed E-state index contributed by atoms with van der Waals surface area (Å²) in [7, 11) is 0. The van der Waals surface area contributed by atoms with Crippen molar-refractivity contribution in [3.63, 3.8) is 0 Å². The fourth-order valence-corrected chi connectivity index (χ4v) is 2.89. The van der Waals surface area contributed by atoms with Gasteiger partial charge in [0.2, 0.25) is 11.8 Å². The zero-order valence-corrected chi connectivity index (χ0v) is 14.9. The Balaban J connectivity index is 2.23. The van der Waals surface area contributed by atoms with Crippen molar-refractivity contribution in [2.45, 2.75) is 45.7 Å². The summed E-state index contributed by atoms with van der Waals surface area (Å²) < 4.78 is 0. The lowest BCUT2D eigenvalue weighted by Crippen LogP contribution is -2.55. The molecule has 3 N–H and O–H groups in total. The van der Waals surface area contributed by atoms with Crippen LogP contribution in [0.1, 0.15) is 51.3 Å². The monoisotopic (exact) mass is 329 g/mol. The minimum Gasteiger partial charge on any atom is -0.349 e. The summed E-state index contributed by atoms with van der Waals surface area (Å²) in [6.45, 7) is 7.91. The maximum Gasteiger partial charge on any atom is 0.223 e. The van der Waals surface area contributed by atoms with E-state index in [0.29, 0.717) is 6.54 Å². The highest BCUT2D eigenvalue weighted by atomic mass is 16.2. The Labute approximate surface area is 143 Å². The van der Waals surface area contributed by atoms with Crippen molar-refractivity contribution in [2.75, 3.05) is 6.54 Å². The predicted molar refractivity (Wildman–Crippen MR) is 95.8 cm³/mol. The minimum atomic E-state index is -0.456. The number of nitrogens with one attached hydrogen (secondary N) is 1. The molecular formula is C19H27N3O2. The Morgan fingerprint density at radius 2 is 2.00 bits per heavy atom. The second-order valence-electron chi connectivity index (χ2n) is 6.92. The number of carbonyl (C=O) groups is 2. The van der Waals surface area contributed by atoms with E-state index >= 15 is 0 Å². The van der Waals surface area contributed by atoms with Crippen LogP contribution in [-0.4, -0.2) is 28.8 Å². The molecule has 24 heavy (non-hydrogen) atoms. The van der Waals surface area contributed by atoms with Gasteiger partial charge in [0, 0.05) is 19.7 Å². The maximum atomic E-state index is 12.6. The standard InChI is InChI=1S/C19H27N3O2/c1-13(2)19(4,12-20)21-18(24)11-17-16-8-6-5-7-15(16)9-10-22(17)14(3)23/h5-10,13,17H,11-12,20H2,1-4H3,(H,21,24). The second-order valence-corrected chi connectivity index (χ2v) is 6.92. The first-order chi connectivity index (χ1) is 11.3. The lowest BCUT2D eigenvalue weighted by atomic mass is 9.87. The smallest absolute Gasteiger partial charge is 0.223 e. The van der Waals surface area contributed by atoms with Gasteiger partial charge in [-0.3, -0.25) is 9.59 Å². The van der Waals surface area contributed by atoms with Crippen molar-refractivity contribution in [1.82, 2.24) is 10.2 Å². The average Bonchev–Trinajstić information content (AvgIpc) is 2.54. The highest BCUT2D eigenvalue weighted by Crippen LogP contribution is 2.33. The molecule has 0 radical (unpaired) electrons. The summed E-state index contributed by atoms with van der Waals surface area (Å²) in [5.41, 5.74) is 7.43. The quantitative estimate of drug-likeness (QED) is 0.871. The number of fused-ring (bicyclic) bond motifs is 1. The van der Waals surface area contributed by atoms with E-state index in [4.69, 9.17) is 5.73 Å². The second kappa shape index (κ2) is 7.18. The van der Waals surface area contributed by atoms with Crippen LogP contribution in [-0.2, 0) is 9.59 Å². The predicted octanol–water partition coefficient (Wildman–Crippen LogP) is 2.44. The molecule has 1 aliphatic rings. The van der Waals surface area contributed by atoms with E-state index in [0.717, 1.165) is 11.1 Å². The van der Waals surface area contributed by atoms with Crippen molar-refractivity contribution < 1.29 is 9.59 Å². The molecule has 2 rings (SSSR count). The molecule has 0 aliphatic carbocycles. The Kier molecular flexibility index (Phi) is 5.44. The van der Waals surface area contributed by atoms with Crippen LogP contribution in [0.3, 0.4) is 0 Å². The van der Waals surface area contributed by atoms with Crippen LogP contribution in [0.2, 0.25) is 0 Å². The molecule has 0 bridgehead atoms.